The lowest BCUT2D eigenvalue weighted by Gasteiger charge is -2.18. The summed E-state index contributed by atoms with van der Waals surface area (Å²) in [4.78, 5) is 22.2. The third-order valence-electron chi connectivity index (χ3n) is 2.12. The number of hydrogen-bond donors (Lipinski definition) is 1. The molecule has 0 aromatic carbocycles. The predicted molar refractivity (Wildman–Crippen MR) is 62.1 cm³/mol. The van der Waals surface area contributed by atoms with Crippen LogP contribution in [0, 0.1) is 5.92 Å². The molecule has 1 rings (SSSR count). The molecule has 0 amide bonds. The molecule has 1 heterocycles. The van der Waals surface area contributed by atoms with Crippen LogP contribution in [0.5, 0.6) is 0 Å². The minimum atomic E-state index is -0.978. The summed E-state index contributed by atoms with van der Waals surface area (Å²) in [5, 5.41) is 19.8. The molecular weight excluding hydrogens is 260 g/mol. The van der Waals surface area contributed by atoms with Gasteiger partial charge in [0.15, 0.2) is 6.04 Å². The SMILES string of the molecule is COC(=O)C(C(C)C)n1nnnc1SCC(=O)O. The molecule has 1 aromatic rings. The Morgan fingerprint density at radius 1 is 1.50 bits per heavy atom. The Bertz CT molecular complexity index is 434. The molecular formula is C9H14N4O4S. The van der Waals surface area contributed by atoms with Gasteiger partial charge in [-0.1, -0.05) is 25.6 Å². The van der Waals surface area contributed by atoms with E-state index in [1.807, 2.05) is 13.8 Å². The van der Waals surface area contributed by atoms with Gasteiger partial charge in [0.25, 0.3) is 0 Å². The lowest BCUT2D eigenvalue weighted by atomic mass is 10.1. The van der Waals surface area contributed by atoms with Crippen molar-refractivity contribution in [1.82, 2.24) is 20.2 Å². The lowest BCUT2D eigenvalue weighted by molar-refractivity contribution is -0.146. The number of carboxylic acid groups (broad SMARTS) is 1. The average molecular weight is 274 g/mol. The van der Waals surface area contributed by atoms with Gasteiger partial charge < -0.3 is 9.84 Å². The first-order valence-corrected chi connectivity index (χ1v) is 6.16. The highest BCUT2D eigenvalue weighted by atomic mass is 32.2. The zero-order chi connectivity index (χ0) is 13.7. The molecule has 1 unspecified atom stereocenters. The molecule has 0 saturated heterocycles. The van der Waals surface area contributed by atoms with E-state index in [0.717, 1.165) is 11.8 Å². The Labute approximate surface area is 108 Å². The van der Waals surface area contributed by atoms with Crippen LogP contribution in [0.2, 0.25) is 0 Å². The second-order valence-corrected chi connectivity index (χ2v) is 4.74. The molecule has 18 heavy (non-hydrogen) atoms. The molecule has 1 aromatic heterocycles. The van der Waals surface area contributed by atoms with E-state index in [2.05, 4.69) is 15.5 Å². The van der Waals surface area contributed by atoms with E-state index in [1.54, 1.807) is 0 Å². The number of nitrogens with zero attached hydrogens (tertiary/aromatic N) is 4. The number of thioether (sulfide) groups is 1. The third kappa shape index (κ3) is 3.42. The second-order valence-electron chi connectivity index (χ2n) is 3.80. The van der Waals surface area contributed by atoms with Crippen molar-refractivity contribution in [2.45, 2.75) is 25.0 Å². The molecule has 0 aliphatic heterocycles. The fraction of sp³-hybridized carbons (Fsp3) is 0.667. The number of tetrazole rings is 1. The molecule has 0 saturated carbocycles. The van der Waals surface area contributed by atoms with Crippen LogP contribution in [-0.2, 0) is 14.3 Å². The minimum Gasteiger partial charge on any atom is -0.481 e. The van der Waals surface area contributed by atoms with Crippen molar-refractivity contribution in [3.05, 3.63) is 0 Å². The first-order valence-electron chi connectivity index (χ1n) is 5.17. The normalized spacial score (nSPS) is 12.4. The summed E-state index contributed by atoms with van der Waals surface area (Å²) in [7, 11) is 1.28. The monoisotopic (exact) mass is 274 g/mol. The quantitative estimate of drug-likeness (QED) is 0.580. The number of aromatic nitrogens is 4. The van der Waals surface area contributed by atoms with Crippen LogP contribution in [-0.4, -0.2) is 50.1 Å². The number of aliphatic carboxylic acids is 1. The average Bonchev–Trinajstić information content (AvgIpc) is 2.74. The molecule has 9 heteroatoms. The van der Waals surface area contributed by atoms with Gasteiger partial charge in [0, 0.05) is 0 Å². The van der Waals surface area contributed by atoms with Crippen LogP contribution in [0.4, 0.5) is 0 Å². The Hall–Kier alpha value is -1.64. The van der Waals surface area contributed by atoms with E-state index in [-0.39, 0.29) is 16.8 Å². The number of carboxylic acids is 1. The van der Waals surface area contributed by atoms with Crippen LogP contribution >= 0.6 is 11.8 Å². The van der Waals surface area contributed by atoms with Crippen LogP contribution in [0.3, 0.4) is 0 Å². The van der Waals surface area contributed by atoms with E-state index in [4.69, 9.17) is 9.84 Å². The van der Waals surface area contributed by atoms with E-state index in [0.29, 0.717) is 0 Å². The summed E-state index contributed by atoms with van der Waals surface area (Å²) < 4.78 is 5.99. The number of carbonyl (C=O) groups is 2. The topological polar surface area (TPSA) is 107 Å². The fourth-order valence-electron chi connectivity index (χ4n) is 1.36. The number of ether oxygens (including phenoxy) is 1. The highest BCUT2D eigenvalue weighted by Gasteiger charge is 2.29. The third-order valence-corrected chi connectivity index (χ3v) is 3.04. The summed E-state index contributed by atoms with van der Waals surface area (Å²) in [5.41, 5.74) is 0. The number of carbonyl (C=O) groups excluding carboxylic acids is 1. The van der Waals surface area contributed by atoms with Gasteiger partial charge in [0.1, 0.15) is 0 Å². The number of methoxy groups -OCH3 is 1. The number of esters is 1. The fourth-order valence-corrected chi connectivity index (χ4v) is 1.99. The van der Waals surface area contributed by atoms with Crippen molar-refractivity contribution in [2.24, 2.45) is 5.92 Å². The van der Waals surface area contributed by atoms with Gasteiger partial charge in [-0.3, -0.25) is 4.79 Å². The lowest BCUT2D eigenvalue weighted by Crippen LogP contribution is -2.27. The molecule has 0 fully saturated rings. The number of hydrogen-bond acceptors (Lipinski definition) is 7. The Morgan fingerprint density at radius 2 is 2.17 bits per heavy atom. The predicted octanol–water partition coefficient (Wildman–Crippen LogP) is 0.220. The summed E-state index contributed by atoms with van der Waals surface area (Å²) in [6.45, 7) is 3.66. The molecule has 1 N–H and O–H groups in total. The minimum absolute atomic E-state index is 0.0786. The largest absolute Gasteiger partial charge is 0.481 e. The van der Waals surface area contributed by atoms with Crippen molar-refractivity contribution in [1.29, 1.82) is 0 Å². The van der Waals surface area contributed by atoms with Crippen LogP contribution < -0.4 is 0 Å². The molecule has 0 aliphatic carbocycles. The maximum absolute atomic E-state index is 11.7. The molecule has 0 aliphatic rings. The second kappa shape index (κ2) is 6.34. The molecule has 8 nitrogen and oxygen atoms in total. The van der Waals surface area contributed by atoms with Crippen molar-refractivity contribution in [3.63, 3.8) is 0 Å². The van der Waals surface area contributed by atoms with Crippen molar-refractivity contribution >= 4 is 23.7 Å². The van der Waals surface area contributed by atoms with Gasteiger partial charge in [-0.2, -0.15) is 0 Å². The van der Waals surface area contributed by atoms with Crippen molar-refractivity contribution in [3.8, 4) is 0 Å². The summed E-state index contributed by atoms with van der Waals surface area (Å²) in [6.07, 6.45) is 0. The molecule has 0 bridgehead atoms. The van der Waals surface area contributed by atoms with E-state index >= 15 is 0 Å². The highest BCUT2D eigenvalue weighted by Crippen LogP contribution is 2.23. The molecule has 100 valence electrons. The van der Waals surface area contributed by atoms with Crippen LogP contribution in [0.25, 0.3) is 0 Å². The van der Waals surface area contributed by atoms with Crippen LogP contribution in [0.1, 0.15) is 19.9 Å². The number of rotatable bonds is 6. The van der Waals surface area contributed by atoms with Crippen molar-refractivity contribution < 1.29 is 19.4 Å². The van der Waals surface area contributed by atoms with Gasteiger partial charge in [0.2, 0.25) is 5.16 Å². The Kier molecular flexibility index (Phi) is 5.08. The van der Waals surface area contributed by atoms with Gasteiger partial charge in [-0.05, 0) is 16.3 Å². The Morgan fingerprint density at radius 3 is 2.67 bits per heavy atom. The highest BCUT2D eigenvalue weighted by molar-refractivity contribution is 7.99. The maximum atomic E-state index is 11.7. The first kappa shape index (κ1) is 14.4. The zero-order valence-corrected chi connectivity index (χ0v) is 11.0. The first-order chi connectivity index (χ1) is 8.47. The van der Waals surface area contributed by atoms with Gasteiger partial charge in [0.05, 0.1) is 12.9 Å². The van der Waals surface area contributed by atoms with Gasteiger partial charge in [-0.15, -0.1) is 5.10 Å². The van der Waals surface area contributed by atoms with Crippen molar-refractivity contribution in [2.75, 3.05) is 12.9 Å². The van der Waals surface area contributed by atoms with E-state index in [9.17, 15) is 9.59 Å². The van der Waals surface area contributed by atoms with Gasteiger partial charge >= 0.3 is 11.9 Å². The Balaban J connectivity index is 2.95. The summed E-state index contributed by atoms with van der Waals surface area (Å²) in [6, 6.07) is -0.665. The summed E-state index contributed by atoms with van der Waals surface area (Å²) >= 11 is 0.955. The van der Waals surface area contributed by atoms with Crippen LogP contribution in [0.15, 0.2) is 5.16 Å². The molecule has 0 radical (unpaired) electrons. The van der Waals surface area contributed by atoms with E-state index < -0.39 is 18.0 Å². The standard InChI is InChI=1S/C9H14N4O4S/c1-5(2)7(8(16)17-3)13-9(10-11-12-13)18-4-6(14)15/h5,7H,4H2,1-3H3,(H,14,15). The maximum Gasteiger partial charge on any atom is 0.331 e. The van der Waals surface area contributed by atoms with E-state index in [1.165, 1.54) is 11.8 Å². The zero-order valence-electron chi connectivity index (χ0n) is 10.2. The molecule has 0 spiro atoms. The summed E-state index contributed by atoms with van der Waals surface area (Å²) in [5.74, 6) is -1.69. The molecule has 1 atom stereocenters. The smallest absolute Gasteiger partial charge is 0.331 e. The van der Waals surface area contributed by atoms with Gasteiger partial charge in [-0.25, -0.2) is 9.48 Å².